The largest absolute Gasteiger partial charge is 0.465 e. The molecule has 0 amide bonds. The summed E-state index contributed by atoms with van der Waals surface area (Å²) in [6.07, 6.45) is 1.24. The fourth-order valence-corrected chi connectivity index (χ4v) is 3.64. The summed E-state index contributed by atoms with van der Waals surface area (Å²) in [4.78, 5) is 33.7. The number of piperidine rings is 1. The lowest BCUT2D eigenvalue weighted by molar-refractivity contribution is 0.0601. The van der Waals surface area contributed by atoms with E-state index < -0.39 is 5.97 Å². The van der Waals surface area contributed by atoms with E-state index in [0.717, 1.165) is 13.1 Å². The highest BCUT2D eigenvalue weighted by Gasteiger charge is 2.22. The summed E-state index contributed by atoms with van der Waals surface area (Å²) in [7, 11) is 1.34. The quantitative estimate of drug-likeness (QED) is 0.874. The number of likely N-dealkylation sites (tertiary alicyclic amines) is 1. The molecule has 0 aliphatic carbocycles. The molecule has 2 heterocycles. The molecule has 6 nitrogen and oxygen atoms in total. The van der Waals surface area contributed by atoms with Crippen LogP contribution in [0.25, 0.3) is 10.9 Å². The molecule has 24 heavy (non-hydrogen) atoms. The molecule has 0 radical (unpaired) electrons. The third-order valence-corrected chi connectivity index (χ3v) is 4.49. The molecule has 0 unspecified atom stereocenters. The molecule has 1 fully saturated rings. The van der Waals surface area contributed by atoms with Gasteiger partial charge >= 0.3 is 5.97 Å². The fourth-order valence-electron chi connectivity index (χ4n) is 3.64. The second-order valence-electron chi connectivity index (χ2n) is 6.88. The SMILES string of the molecule is COC(=O)c1ccc2c(=O)[nH]c(CN3C[C@H](C)C[C@@H](C)C3)nc2c1. The monoisotopic (exact) mass is 329 g/mol. The Hall–Kier alpha value is -2.21. The summed E-state index contributed by atoms with van der Waals surface area (Å²) >= 11 is 0. The number of hydrogen-bond acceptors (Lipinski definition) is 5. The smallest absolute Gasteiger partial charge is 0.337 e. The van der Waals surface area contributed by atoms with E-state index in [0.29, 0.717) is 40.7 Å². The topological polar surface area (TPSA) is 75.3 Å². The summed E-state index contributed by atoms with van der Waals surface area (Å²) in [5.74, 6) is 1.49. The number of methoxy groups -OCH3 is 1. The zero-order chi connectivity index (χ0) is 17.3. The number of H-pyrrole nitrogens is 1. The van der Waals surface area contributed by atoms with Crippen molar-refractivity contribution < 1.29 is 9.53 Å². The summed E-state index contributed by atoms with van der Waals surface area (Å²) in [5, 5.41) is 0.479. The molecule has 2 aromatic rings. The third kappa shape index (κ3) is 3.48. The van der Waals surface area contributed by atoms with Gasteiger partial charge in [-0.3, -0.25) is 9.69 Å². The van der Waals surface area contributed by atoms with Crippen LogP contribution in [0.4, 0.5) is 0 Å². The zero-order valence-electron chi connectivity index (χ0n) is 14.3. The number of ether oxygens (including phenoxy) is 1. The van der Waals surface area contributed by atoms with Crippen LogP contribution in [0.2, 0.25) is 0 Å². The van der Waals surface area contributed by atoms with Crippen LogP contribution in [0.5, 0.6) is 0 Å². The minimum absolute atomic E-state index is 0.176. The molecule has 1 N–H and O–H groups in total. The van der Waals surface area contributed by atoms with Gasteiger partial charge in [-0.05, 0) is 36.5 Å². The van der Waals surface area contributed by atoms with Crippen molar-refractivity contribution in [2.24, 2.45) is 11.8 Å². The molecule has 1 aromatic carbocycles. The Labute approximate surface area is 140 Å². The highest BCUT2D eigenvalue weighted by atomic mass is 16.5. The van der Waals surface area contributed by atoms with E-state index in [9.17, 15) is 9.59 Å². The Balaban J connectivity index is 1.91. The van der Waals surface area contributed by atoms with Crippen molar-refractivity contribution in [3.05, 3.63) is 39.9 Å². The van der Waals surface area contributed by atoms with Gasteiger partial charge in [0.2, 0.25) is 0 Å². The number of carbonyl (C=O) groups excluding carboxylic acids is 1. The molecule has 6 heteroatoms. The molecular formula is C18H23N3O3. The van der Waals surface area contributed by atoms with Gasteiger partial charge in [-0.25, -0.2) is 9.78 Å². The second-order valence-corrected chi connectivity index (χ2v) is 6.88. The first-order valence-electron chi connectivity index (χ1n) is 8.30. The average molecular weight is 329 g/mol. The first kappa shape index (κ1) is 16.6. The summed E-state index contributed by atoms with van der Waals surface area (Å²) in [6, 6.07) is 4.81. The van der Waals surface area contributed by atoms with Crippen LogP contribution >= 0.6 is 0 Å². The van der Waals surface area contributed by atoms with Gasteiger partial charge in [-0.1, -0.05) is 13.8 Å². The maximum atomic E-state index is 12.3. The lowest BCUT2D eigenvalue weighted by Gasteiger charge is -2.34. The first-order valence-corrected chi connectivity index (χ1v) is 8.30. The Bertz CT molecular complexity index is 805. The Morgan fingerprint density at radius 2 is 2.04 bits per heavy atom. The maximum Gasteiger partial charge on any atom is 0.337 e. The molecule has 2 atom stereocenters. The molecule has 1 aromatic heterocycles. The molecule has 0 saturated carbocycles. The number of aromatic amines is 1. The lowest BCUT2D eigenvalue weighted by Crippen LogP contribution is -2.38. The number of nitrogens with zero attached hydrogens (tertiary/aromatic N) is 2. The standard InChI is InChI=1S/C18H23N3O3/c1-11-6-12(2)9-21(8-11)10-16-19-15-7-13(18(23)24-3)4-5-14(15)17(22)20-16/h4-5,7,11-12H,6,8-10H2,1-3H3,(H,19,20,22)/t11-,12-/m1/s1. The van der Waals surface area contributed by atoms with Gasteiger partial charge in [0.1, 0.15) is 5.82 Å². The van der Waals surface area contributed by atoms with Crippen LogP contribution in [-0.2, 0) is 11.3 Å². The van der Waals surface area contributed by atoms with Gasteiger partial charge in [0.05, 0.1) is 30.1 Å². The molecule has 1 aliphatic heterocycles. The molecule has 3 rings (SSSR count). The van der Waals surface area contributed by atoms with Crippen molar-refractivity contribution in [1.29, 1.82) is 0 Å². The first-order chi connectivity index (χ1) is 11.5. The van der Waals surface area contributed by atoms with Gasteiger partial charge in [0.15, 0.2) is 0 Å². The maximum absolute atomic E-state index is 12.3. The van der Waals surface area contributed by atoms with Crippen LogP contribution < -0.4 is 5.56 Å². The number of aromatic nitrogens is 2. The van der Waals surface area contributed by atoms with Crippen LogP contribution in [0.15, 0.2) is 23.0 Å². The number of fused-ring (bicyclic) bond motifs is 1. The van der Waals surface area contributed by atoms with Crippen molar-refractivity contribution >= 4 is 16.9 Å². The Kier molecular flexibility index (Phi) is 4.66. The van der Waals surface area contributed by atoms with E-state index in [-0.39, 0.29) is 5.56 Å². The van der Waals surface area contributed by atoms with E-state index in [2.05, 4.69) is 28.7 Å². The van der Waals surface area contributed by atoms with E-state index >= 15 is 0 Å². The minimum atomic E-state index is -0.431. The molecular weight excluding hydrogens is 306 g/mol. The molecule has 0 bridgehead atoms. The van der Waals surface area contributed by atoms with Gasteiger partial charge in [0, 0.05) is 13.1 Å². The molecule has 0 spiro atoms. The van der Waals surface area contributed by atoms with E-state index in [1.165, 1.54) is 13.5 Å². The number of benzene rings is 1. The Morgan fingerprint density at radius 1 is 1.33 bits per heavy atom. The van der Waals surface area contributed by atoms with Crippen molar-refractivity contribution in [2.45, 2.75) is 26.8 Å². The molecule has 128 valence electrons. The molecule has 1 aliphatic rings. The number of nitrogens with one attached hydrogen (secondary N) is 1. The van der Waals surface area contributed by atoms with Gasteiger partial charge < -0.3 is 9.72 Å². The van der Waals surface area contributed by atoms with Crippen LogP contribution in [0, 0.1) is 11.8 Å². The summed E-state index contributed by atoms with van der Waals surface area (Å²) in [6.45, 7) is 7.13. The predicted octanol–water partition coefficient (Wildman–Crippen LogP) is 2.19. The van der Waals surface area contributed by atoms with Crippen LogP contribution in [0.1, 0.15) is 36.5 Å². The lowest BCUT2D eigenvalue weighted by atomic mass is 9.92. The van der Waals surface area contributed by atoms with Crippen molar-refractivity contribution in [3.8, 4) is 0 Å². The van der Waals surface area contributed by atoms with Gasteiger partial charge in [0.25, 0.3) is 5.56 Å². The van der Waals surface area contributed by atoms with Crippen molar-refractivity contribution in [3.63, 3.8) is 0 Å². The minimum Gasteiger partial charge on any atom is -0.465 e. The number of esters is 1. The van der Waals surface area contributed by atoms with Crippen molar-refractivity contribution in [2.75, 3.05) is 20.2 Å². The Morgan fingerprint density at radius 3 is 2.71 bits per heavy atom. The van der Waals surface area contributed by atoms with Gasteiger partial charge in [-0.15, -0.1) is 0 Å². The fraction of sp³-hybridized carbons (Fsp3) is 0.500. The highest BCUT2D eigenvalue weighted by Crippen LogP contribution is 2.22. The predicted molar refractivity (Wildman–Crippen MR) is 91.9 cm³/mol. The zero-order valence-corrected chi connectivity index (χ0v) is 14.3. The van der Waals surface area contributed by atoms with E-state index in [1.54, 1.807) is 18.2 Å². The summed E-state index contributed by atoms with van der Waals surface area (Å²) in [5.41, 5.74) is 0.744. The van der Waals surface area contributed by atoms with Crippen LogP contribution in [-0.4, -0.2) is 41.0 Å². The third-order valence-electron chi connectivity index (χ3n) is 4.49. The van der Waals surface area contributed by atoms with E-state index in [1.807, 2.05) is 0 Å². The average Bonchev–Trinajstić information content (AvgIpc) is 2.52. The highest BCUT2D eigenvalue weighted by molar-refractivity contribution is 5.93. The van der Waals surface area contributed by atoms with E-state index in [4.69, 9.17) is 4.74 Å². The number of carbonyl (C=O) groups is 1. The number of hydrogen-bond donors (Lipinski definition) is 1. The molecule has 1 saturated heterocycles. The van der Waals surface area contributed by atoms with Gasteiger partial charge in [-0.2, -0.15) is 0 Å². The normalized spacial score (nSPS) is 21.8. The second kappa shape index (κ2) is 6.73. The van der Waals surface area contributed by atoms with Crippen molar-refractivity contribution in [1.82, 2.24) is 14.9 Å². The number of rotatable bonds is 3. The summed E-state index contributed by atoms with van der Waals surface area (Å²) < 4.78 is 4.73. The van der Waals surface area contributed by atoms with Crippen LogP contribution in [0.3, 0.4) is 0 Å².